The third-order valence-corrected chi connectivity index (χ3v) is 5.40. The van der Waals surface area contributed by atoms with Crippen LogP contribution in [0.15, 0.2) is 52.4 Å². The fraction of sp³-hybridized carbons (Fsp3) is 0.261. The van der Waals surface area contributed by atoms with E-state index in [4.69, 9.17) is 14.2 Å². The predicted molar refractivity (Wildman–Crippen MR) is 122 cm³/mol. The Morgan fingerprint density at radius 1 is 1.13 bits per heavy atom. The normalized spacial score (nSPS) is 16.3. The van der Waals surface area contributed by atoms with Crippen LogP contribution in [0.5, 0.6) is 11.5 Å². The minimum atomic E-state index is -0.440. The molecule has 0 atom stereocenters. The number of rotatable bonds is 6. The Hall–Kier alpha value is -3.26. The van der Waals surface area contributed by atoms with E-state index in [0.29, 0.717) is 32.8 Å². The minimum Gasteiger partial charge on any atom is -0.493 e. The van der Waals surface area contributed by atoms with Crippen molar-refractivity contribution < 1.29 is 23.8 Å². The van der Waals surface area contributed by atoms with E-state index in [1.807, 2.05) is 32.0 Å². The molecule has 0 spiro atoms. The number of thioether (sulfide) groups is 1. The Morgan fingerprint density at radius 3 is 2.58 bits per heavy atom. The van der Waals surface area contributed by atoms with Gasteiger partial charge in [-0.2, -0.15) is 0 Å². The number of amidine groups is 1. The molecule has 8 heteroatoms. The summed E-state index contributed by atoms with van der Waals surface area (Å²) >= 11 is 1.26. The first-order valence-corrected chi connectivity index (χ1v) is 10.4. The van der Waals surface area contributed by atoms with Crippen LogP contribution >= 0.6 is 11.8 Å². The number of benzene rings is 2. The van der Waals surface area contributed by atoms with Gasteiger partial charge in [0.05, 0.1) is 36.5 Å². The average Bonchev–Trinajstić information content (AvgIpc) is 3.01. The molecule has 0 saturated carbocycles. The van der Waals surface area contributed by atoms with Gasteiger partial charge in [-0.1, -0.05) is 12.1 Å². The third kappa shape index (κ3) is 5.27. The van der Waals surface area contributed by atoms with Gasteiger partial charge in [0.2, 0.25) is 0 Å². The topological polar surface area (TPSA) is 77.4 Å². The van der Waals surface area contributed by atoms with Gasteiger partial charge in [0.1, 0.15) is 0 Å². The van der Waals surface area contributed by atoms with Crippen molar-refractivity contribution in [2.75, 3.05) is 21.3 Å². The molecule has 7 nitrogen and oxygen atoms in total. The Balaban J connectivity index is 1.87. The number of esters is 1. The fourth-order valence-corrected chi connectivity index (χ4v) is 3.85. The van der Waals surface area contributed by atoms with Crippen molar-refractivity contribution in [3.63, 3.8) is 0 Å². The van der Waals surface area contributed by atoms with Gasteiger partial charge in [-0.15, -0.1) is 0 Å². The molecule has 0 aliphatic carbocycles. The fourth-order valence-electron chi connectivity index (χ4n) is 2.86. The molecule has 0 bridgehead atoms. The Morgan fingerprint density at radius 2 is 1.90 bits per heavy atom. The van der Waals surface area contributed by atoms with Crippen molar-refractivity contribution in [1.29, 1.82) is 0 Å². The maximum atomic E-state index is 12.7. The van der Waals surface area contributed by atoms with Crippen LogP contribution in [0.4, 0.5) is 5.69 Å². The molecule has 1 aliphatic rings. The highest BCUT2D eigenvalue weighted by Gasteiger charge is 2.30. The molecule has 31 heavy (non-hydrogen) atoms. The van der Waals surface area contributed by atoms with Crippen molar-refractivity contribution in [2.24, 2.45) is 4.99 Å². The van der Waals surface area contributed by atoms with E-state index in [9.17, 15) is 9.59 Å². The second kappa shape index (κ2) is 9.70. The molecular weight excluding hydrogens is 416 g/mol. The standard InChI is InChI=1S/C23H24N2O5S/c1-14(2)30-18-10-9-15(11-19(18)28-4)12-20-21(26)25(3)23(31-20)24-17-8-6-7-16(13-17)22(27)29-5/h6-14H,1-5H3. The van der Waals surface area contributed by atoms with E-state index in [0.717, 1.165) is 5.56 Å². The van der Waals surface area contributed by atoms with Gasteiger partial charge in [0.15, 0.2) is 16.7 Å². The molecule has 0 aromatic heterocycles. The number of carbonyl (C=O) groups excluding carboxylic acids is 2. The van der Waals surface area contributed by atoms with Crippen molar-refractivity contribution in [3.8, 4) is 11.5 Å². The zero-order valence-electron chi connectivity index (χ0n) is 18.0. The summed E-state index contributed by atoms with van der Waals surface area (Å²) in [5.74, 6) is 0.648. The summed E-state index contributed by atoms with van der Waals surface area (Å²) in [6.45, 7) is 3.89. The summed E-state index contributed by atoms with van der Waals surface area (Å²) in [5.41, 5.74) is 1.77. The lowest BCUT2D eigenvalue weighted by molar-refractivity contribution is -0.121. The van der Waals surface area contributed by atoms with Crippen LogP contribution in [0.25, 0.3) is 6.08 Å². The first-order chi connectivity index (χ1) is 14.8. The van der Waals surface area contributed by atoms with Crippen molar-refractivity contribution in [2.45, 2.75) is 20.0 Å². The minimum absolute atomic E-state index is 0.0233. The molecular formula is C23H24N2O5S. The summed E-state index contributed by atoms with van der Waals surface area (Å²) in [4.78, 5) is 31.0. The maximum absolute atomic E-state index is 12.7. The number of methoxy groups -OCH3 is 2. The van der Waals surface area contributed by atoms with Crippen LogP contribution in [0.1, 0.15) is 29.8 Å². The van der Waals surface area contributed by atoms with Gasteiger partial charge in [0.25, 0.3) is 5.91 Å². The SMILES string of the molecule is COC(=O)c1cccc(N=C2SC(=Cc3ccc(OC(C)C)c(OC)c3)C(=O)N2C)c1. The van der Waals surface area contributed by atoms with Gasteiger partial charge < -0.3 is 14.2 Å². The summed E-state index contributed by atoms with van der Waals surface area (Å²) in [6.07, 6.45) is 1.81. The molecule has 0 N–H and O–H groups in total. The van der Waals surface area contributed by atoms with Gasteiger partial charge in [-0.25, -0.2) is 9.79 Å². The summed E-state index contributed by atoms with van der Waals surface area (Å²) in [7, 11) is 4.57. The van der Waals surface area contributed by atoms with Gasteiger partial charge in [-0.05, 0) is 67.6 Å². The number of nitrogens with zero attached hydrogens (tertiary/aromatic N) is 2. The second-order valence-electron chi connectivity index (χ2n) is 6.99. The number of amides is 1. The second-order valence-corrected chi connectivity index (χ2v) is 8.00. The molecule has 2 aromatic carbocycles. The largest absolute Gasteiger partial charge is 0.493 e. The Bertz CT molecular complexity index is 1060. The van der Waals surface area contributed by atoms with Crippen molar-refractivity contribution in [3.05, 3.63) is 58.5 Å². The van der Waals surface area contributed by atoms with Crippen molar-refractivity contribution >= 4 is 40.6 Å². The van der Waals surface area contributed by atoms with Crippen LogP contribution in [0, 0.1) is 0 Å². The lowest BCUT2D eigenvalue weighted by Crippen LogP contribution is -2.23. The molecule has 0 unspecified atom stereocenters. The Labute approximate surface area is 185 Å². The van der Waals surface area contributed by atoms with E-state index in [-0.39, 0.29) is 12.0 Å². The molecule has 1 fully saturated rings. The molecule has 162 valence electrons. The monoisotopic (exact) mass is 440 g/mol. The average molecular weight is 441 g/mol. The van der Waals surface area contributed by atoms with Crippen LogP contribution in [0.2, 0.25) is 0 Å². The first-order valence-electron chi connectivity index (χ1n) is 9.61. The number of carbonyl (C=O) groups is 2. The van der Waals surface area contributed by atoms with Crippen LogP contribution < -0.4 is 9.47 Å². The molecule has 3 rings (SSSR count). The number of ether oxygens (including phenoxy) is 3. The maximum Gasteiger partial charge on any atom is 0.337 e. The van der Waals surface area contributed by atoms with Crippen LogP contribution in [0.3, 0.4) is 0 Å². The van der Waals surface area contributed by atoms with E-state index in [1.54, 1.807) is 44.5 Å². The lowest BCUT2D eigenvalue weighted by Gasteiger charge is -2.13. The zero-order valence-corrected chi connectivity index (χ0v) is 18.9. The number of hydrogen-bond donors (Lipinski definition) is 0. The van der Waals surface area contributed by atoms with Gasteiger partial charge in [0, 0.05) is 7.05 Å². The summed E-state index contributed by atoms with van der Waals surface area (Å²) in [6, 6.07) is 12.3. The smallest absolute Gasteiger partial charge is 0.337 e. The molecule has 1 amide bonds. The van der Waals surface area contributed by atoms with Crippen LogP contribution in [-0.4, -0.2) is 49.3 Å². The first kappa shape index (κ1) is 22.4. The number of aliphatic imine (C=N–C) groups is 1. The molecule has 1 heterocycles. The van der Waals surface area contributed by atoms with E-state index in [1.165, 1.54) is 23.8 Å². The number of hydrogen-bond acceptors (Lipinski definition) is 7. The third-order valence-electron chi connectivity index (χ3n) is 4.34. The van der Waals surface area contributed by atoms with Crippen LogP contribution in [-0.2, 0) is 9.53 Å². The van der Waals surface area contributed by atoms with E-state index < -0.39 is 5.97 Å². The highest BCUT2D eigenvalue weighted by molar-refractivity contribution is 8.18. The number of likely N-dealkylation sites (N-methyl/N-ethyl adjacent to an activating group) is 1. The van der Waals surface area contributed by atoms with Crippen molar-refractivity contribution in [1.82, 2.24) is 4.90 Å². The predicted octanol–water partition coefficient (Wildman–Crippen LogP) is 4.50. The van der Waals surface area contributed by atoms with Gasteiger partial charge >= 0.3 is 5.97 Å². The highest BCUT2D eigenvalue weighted by atomic mass is 32.2. The molecule has 1 aliphatic heterocycles. The Kier molecular flexibility index (Phi) is 7.02. The summed E-state index contributed by atoms with van der Waals surface area (Å²) in [5, 5.41) is 0.519. The molecule has 1 saturated heterocycles. The molecule has 0 radical (unpaired) electrons. The zero-order chi connectivity index (χ0) is 22.5. The van der Waals surface area contributed by atoms with E-state index in [2.05, 4.69) is 4.99 Å². The van der Waals surface area contributed by atoms with E-state index >= 15 is 0 Å². The van der Waals surface area contributed by atoms with Gasteiger partial charge in [-0.3, -0.25) is 9.69 Å². The highest BCUT2D eigenvalue weighted by Crippen LogP contribution is 2.35. The quantitative estimate of drug-likeness (QED) is 0.486. The summed E-state index contributed by atoms with van der Waals surface area (Å²) < 4.78 is 15.9. The molecule has 2 aromatic rings. The lowest BCUT2D eigenvalue weighted by atomic mass is 10.2.